The summed E-state index contributed by atoms with van der Waals surface area (Å²) in [4.78, 5) is 2.39. The fraction of sp³-hybridized carbons (Fsp3) is 0.0333. The molecular formula is C60H44N2. The lowest BCUT2D eigenvalue weighted by molar-refractivity contribution is 0.889. The number of allylic oxidation sites excluding steroid dienone is 1. The number of rotatable bonds is 9. The van der Waals surface area contributed by atoms with Crippen molar-refractivity contribution in [1.82, 2.24) is 4.57 Å². The smallest absolute Gasteiger partial charge is 0.0543 e. The van der Waals surface area contributed by atoms with Crippen molar-refractivity contribution >= 4 is 34.0 Å². The molecule has 11 rings (SSSR count). The molecule has 1 aliphatic carbocycles. The van der Waals surface area contributed by atoms with Crippen molar-refractivity contribution in [1.29, 1.82) is 0 Å². The summed E-state index contributed by atoms with van der Waals surface area (Å²) in [5.41, 5.74) is 20.4. The molecule has 0 aliphatic heterocycles. The molecule has 0 amide bonds. The number of para-hydroxylation sites is 1. The Morgan fingerprint density at radius 3 is 1.52 bits per heavy atom. The first-order valence-corrected chi connectivity index (χ1v) is 21.6. The van der Waals surface area contributed by atoms with E-state index in [4.69, 9.17) is 0 Å². The number of anilines is 3. The van der Waals surface area contributed by atoms with E-state index in [1.54, 1.807) is 0 Å². The molecule has 2 heteroatoms. The number of nitrogens with zero attached hydrogens (tertiary/aromatic N) is 2. The van der Waals surface area contributed by atoms with Gasteiger partial charge in [-0.15, -0.1) is 0 Å². The van der Waals surface area contributed by atoms with Gasteiger partial charge in [0.2, 0.25) is 0 Å². The fourth-order valence-corrected chi connectivity index (χ4v) is 9.32. The van der Waals surface area contributed by atoms with Crippen molar-refractivity contribution in [3.05, 3.63) is 248 Å². The van der Waals surface area contributed by atoms with Gasteiger partial charge in [0.05, 0.1) is 11.2 Å². The normalized spacial score (nSPS) is 12.0. The van der Waals surface area contributed by atoms with Crippen molar-refractivity contribution in [2.24, 2.45) is 0 Å². The van der Waals surface area contributed by atoms with Gasteiger partial charge in [-0.3, -0.25) is 0 Å². The van der Waals surface area contributed by atoms with Crippen LogP contribution in [0.1, 0.15) is 17.7 Å². The molecule has 62 heavy (non-hydrogen) atoms. The summed E-state index contributed by atoms with van der Waals surface area (Å²) < 4.78 is 2.53. The SMILES string of the molecule is C1=Cc2c(n(-c3cccc(-c4ccc(N(c5cccc(-c6ccccc6)c5)c5cccc(-c6ccc(-c7ccccc7)cc6)c5)cc4)c3-c3ccccc3)c3ccccc23)CC1. The first-order valence-electron chi connectivity index (χ1n) is 21.6. The first-order chi connectivity index (χ1) is 30.8. The minimum atomic E-state index is 1.01. The summed E-state index contributed by atoms with van der Waals surface area (Å²) >= 11 is 0. The highest BCUT2D eigenvalue weighted by Gasteiger charge is 2.23. The van der Waals surface area contributed by atoms with Crippen LogP contribution in [0.25, 0.3) is 78.3 Å². The molecule has 0 unspecified atom stereocenters. The molecule has 0 atom stereocenters. The van der Waals surface area contributed by atoms with Gasteiger partial charge in [0.25, 0.3) is 0 Å². The maximum absolute atomic E-state index is 2.53. The second kappa shape index (κ2) is 16.3. The molecule has 2 nitrogen and oxygen atoms in total. The summed E-state index contributed by atoms with van der Waals surface area (Å²) in [6, 6.07) is 83.7. The van der Waals surface area contributed by atoms with Crippen molar-refractivity contribution in [2.75, 3.05) is 4.90 Å². The Bertz CT molecular complexity index is 3200. The van der Waals surface area contributed by atoms with E-state index in [0.717, 1.165) is 29.9 Å². The Morgan fingerprint density at radius 2 is 0.871 bits per heavy atom. The van der Waals surface area contributed by atoms with Crippen LogP contribution in [0, 0.1) is 0 Å². The summed E-state index contributed by atoms with van der Waals surface area (Å²) in [6.45, 7) is 0. The molecule has 0 bridgehead atoms. The quantitative estimate of drug-likeness (QED) is 0.141. The molecule has 0 spiro atoms. The van der Waals surface area contributed by atoms with Crippen LogP contribution >= 0.6 is 0 Å². The lowest BCUT2D eigenvalue weighted by Gasteiger charge is -2.27. The Labute approximate surface area is 364 Å². The Balaban J connectivity index is 1.03. The van der Waals surface area contributed by atoms with Crippen LogP contribution in [0.2, 0.25) is 0 Å². The van der Waals surface area contributed by atoms with Gasteiger partial charge < -0.3 is 9.47 Å². The number of fused-ring (bicyclic) bond motifs is 3. The van der Waals surface area contributed by atoms with Crippen LogP contribution in [0.3, 0.4) is 0 Å². The molecule has 1 heterocycles. The first kappa shape index (κ1) is 37.1. The van der Waals surface area contributed by atoms with Gasteiger partial charge in [-0.1, -0.05) is 194 Å². The van der Waals surface area contributed by atoms with E-state index >= 15 is 0 Å². The second-order valence-electron chi connectivity index (χ2n) is 16.0. The number of hydrogen-bond acceptors (Lipinski definition) is 1. The Hall–Kier alpha value is -7.94. The van der Waals surface area contributed by atoms with Gasteiger partial charge in [0.15, 0.2) is 0 Å². The van der Waals surface area contributed by atoms with E-state index in [9.17, 15) is 0 Å². The summed E-state index contributed by atoms with van der Waals surface area (Å²) in [6.07, 6.45) is 6.69. The van der Waals surface area contributed by atoms with Crippen molar-refractivity contribution < 1.29 is 0 Å². The van der Waals surface area contributed by atoms with E-state index in [-0.39, 0.29) is 0 Å². The number of hydrogen-bond donors (Lipinski definition) is 0. The van der Waals surface area contributed by atoms with Crippen molar-refractivity contribution in [2.45, 2.75) is 12.8 Å². The minimum absolute atomic E-state index is 1.01. The van der Waals surface area contributed by atoms with E-state index < -0.39 is 0 Å². The third kappa shape index (κ3) is 6.92. The molecule has 1 aromatic heterocycles. The van der Waals surface area contributed by atoms with Gasteiger partial charge in [0.1, 0.15) is 0 Å². The third-order valence-electron chi connectivity index (χ3n) is 12.3. The fourth-order valence-electron chi connectivity index (χ4n) is 9.32. The minimum Gasteiger partial charge on any atom is -0.312 e. The molecule has 0 saturated carbocycles. The highest BCUT2D eigenvalue weighted by molar-refractivity contribution is 5.97. The van der Waals surface area contributed by atoms with Gasteiger partial charge in [0, 0.05) is 39.3 Å². The molecule has 0 fully saturated rings. The van der Waals surface area contributed by atoms with Gasteiger partial charge in [-0.2, -0.15) is 0 Å². The number of aromatic nitrogens is 1. The van der Waals surface area contributed by atoms with Crippen molar-refractivity contribution in [3.8, 4) is 61.3 Å². The van der Waals surface area contributed by atoms with Crippen LogP contribution < -0.4 is 4.90 Å². The molecule has 10 aromatic rings. The highest BCUT2D eigenvalue weighted by atomic mass is 15.1. The predicted molar refractivity (Wildman–Crippen MR) is 262 cm³/mol. The van der Waals surface area contributed by atoms with Gasteiger partial charge >= 0.3 is 0 Å². The maximum Gasteiger partial charge on any atom is 0.0543 e. The summed E-state index contributed by atoms with van der Waals surface area (Å²) in [5, 5.41) is 1.30. The largest absolute Gasteiger partial charge is 0.312 e. The maximum atomic E-state index is 2.53. The molecule has 1 aliphatic rings. The molecular weight excluding hydrogens is 749 g/mol. The van der Waals surface area contributed by atoms with E-state index in [0.29, 0.717) is 0 Å². The Morgan fingerprint density at radius 1 is 0.371 bits per heavy atom. The van der Waals surface area contributed by atoms with Crippen LogP contribution in [0.4, 0.5) is 17.1 Å². The van der Waals surface area contributed by atoms with E-state index in [1.807, 2.05) is 0 Å². The van der Waals surface area contributed by atoms with E-state index in [2.05, 4.69) is 252 Å². The summed E-state index contributed by atoms with van der Waals surface area (Å²) in [5.74, 6) is 0. The lowest BCUT2D eigenvalue weighted by Crippen LogP contribution is -2.10. The predicted octanol–water partition coefficient (Wildman–Crippen LogP) is 16.4. The molecule has 9 aromatic carbocycles. The third-order valence-corrected chi connectivity index (χ3v) is 12.3. The monoisotopic (exact) mass is 792 g/mol. The number of benzene rings is 9. The zero-order valence-corrected chi connectivity index (χ0v) is 34.4. The zero-order chi connectivity index (χ0) is 41.2. The second-order valence-corrected chi connectivity index (χ2v) is 16.0. The van der Waals surface area contributed by atoms with Crippen LogP contribution in [-0.4, -0.2) is 4.57 Å². The van der Waals surface area contributed by atoms with E-state index in [1.165, 1.54) is 83.5 Å². The molecule has 0 N–H and O–H groups in total. The average molecular weight is 793 g/mol. The van der Waals surface area contributed by atoms with Crippen LogP contribution in [0.15, 0.2) is 237 Å². The molecule has 0 saturated heterocycles. The van der Waals surface area contributed by atoms with Gasteiger partial charge in [-0.05, 0) is 111 Å². The average Bonchev–Trinajstić information content (AvgIpc) is 3.69. The molecule has 294 valence electrons. The highest BCUT2D eigenvalue weighted by Crippen LogP contribution is 2.44. The standard InChI is InChI=1S/C60H44N2/c1-4-17-43(18-5-1)45-33-35-46(36-34-45)50-24-15-26-53(42-50)61(52-25-14-23-49(41-52)44-19-6-2-7-20-44)51-39-37-47(38-40-51)54-29-16-32-59(60(54)48-21-8-3-9-22-48)62-57-30-12-10-27-55(57)56-28-11-13-31-58(56)62/h1-12,14-30,32-42H,13,31H2. The van der Waals surface area contributed by atoms with Crippen LogP contribution in [-0.2, 0) is 6.42 Å². The topological polar surface area (TPSA) is 8.17 Å². The van der Waals surface area contributed by atoms with Crippen LogP contribution in [0.5, 0.6) is 0 Å². The van der Waals surface area contributed by atoms with Gasteiger partial charge in [-0.25, -0.2) is 0 Å². The lowest BCUT2D eigenvalue weighted by atomic mass is 9.92. The van der Waals surface area contributed by atoms with Crippen molar-refractivity contribution in [3.63, 3.8) is 0 Å². The Kier molecular flexibility index (Phi) is 9.72. The summed E-state index contributed by atoms with van der Waals surface area (Å²) in [7, 11) is 0. The molecule has 0 radical (unpaired) electrons. The zero-order valence-electron chi connectivity index (χ0n) is 34.4.